The molecular weight excluding hydrogens is 473 g/mol. The number of halogens is 2. The molecule has 1 saturated carbocycles. The van der Waals surface area contributed by atoms with Crippen LogP contribution in [0.25, 0.3) is 0 Å². The molecule has 1 aliphatic heterocycles. The van der Waals surface area contributed by atoms with Crippen LogP contribution in [0.15, 0.2) is 30.3 Å². The van der Waals surface area contributed by atoms with Crippen molar-refractivity contribution in [3.05, 3.63) is 46.1 Å². The van der Waals surface area contributed by atoms with Crippen LogP contribution in [0, 0.1) is 11.8 Å². The molecule has 5 nitrogen and oxygen atoms in total. The van der Waals surface area contributed by atoms with Gasteiger partial charge in [-0.2, -0.15) is 4.98 Å². The van der Waals surface area contributed by atoms with Crippen molar-refractivity contribution in [2.75, 3.05) is 29.9 Å². The van der Waals surface area contributed by atoms with E-state index in [4.69, 9.17) is 40.4 Å². The van der Waals surface area contributed by atoms with Gasteiger partial charge in [0, 0.05) is 36.1 Å². The maximum Gasteiger partial charge on any atom is 0.232 e. The highest BCUT2D eigenvalue weighted by atomic mass is 35.5. The van der Waals surface area contributed by atoms with E-state index in [-0.39, 0.29) is 5.41 Å². The van der Waals surface area contributed by atoms with Crippen molar-refractivity contribution in [3.8, 4) is 0 Å². The summed E-state index contributed by atoms with van der Waals surface area (Å²) in [6.45, 7) is 7.26. The molecule has 0 radical (unpaired) electrons. The third-order valence-electron chi connectivity index (χ3n) is 6.93. The lowest BCUT2D eigenvalue weighted by molar-refractivity contribution is 0.292. The van der Waals surface area contributed by atoms with E-state index in [0.29, 0.717) is 28.0 Å². The maximum absolute atomic E-state index is 6.35. The average molecular weight is 507 g/mol. The van der Waals surface area contributed by atoms with Crippen molar-refractivity contribution in [2.24, 2.45) is 11.8 Å². The Balaban J connectivity index is 1.44. The molecule has 2 N–H and O–H groups in total. The van der Waals surface area contributed by atoms with Gasteiger partial charge in [-0.3, -0.25) is 0 Å². The SMILES string of the molecule is C[C@@H]1C[C@H](C)CN(c2cc(Cl)nc(NC(=S)NCC3(c4cccc(Cl)c4)CCCCC3)n2)C1. The Morgan fingerprint density at radius 1 is 1.09 bits per heavy atom. The van der Waals surface area contributed by atoms with Gasteiger partial charge in [-0.1, -0.05) is 68.4 Å². The topological polar surface area (TPSA) is 53.1 Å². The van der Waals surface area contributed by atoms with Gasteiger partial charge in [0.05, 0.1) is 0 Å². The first-order valence-corrected chi connectivity index (χ1v) is 13.1. The number of nitrogens with one attached hydrogen (secondary N) is 2. The molecule has 0 amide bonds. The molecule has 8 heteroatoms. The van der Waals surface area contributed by atoms with Crippen LogP contribution in [0.1, 0.15) is 57.9 Å². The van der Waals surface area contributed by atoms with E-state index < -0.39 is 0 Å². The van der Waals surface area contributed by atoms with E-state index in [9.17, 15) is 0 Å². The van der Waals surface area contributed by atoms with Crippen LogP contribution in [0.4, 0.5) is 11.8 Å². The predicted molar refractivity (Wildman–Crippen MR) is 143 cm³/mol. The molecule has 2 aromatic rings. The number of thiocarbonyl (C=S) groups is 1. The van der Waals surface area contributed by atoms with E-state index in [1.165, 1.54) is 31.2 Å². The zero-order valence-corrected chi connectivity index (χ0v) is 21.7. The van der Waals surface area contributed by atoms with Crippen LogP contribution in [0.5, 0.6) is 0 Å². The van der Waals surface area contributed by atoms with Gasteiger partial charge in [0.1, 0.15) is 11.0 Å². The molecule has 33 heavy (non-hydrogen) atoms. The first-order chi connectivity index (χ1) is 15.8. The second-order valence-electron chi connectivity index (χ2n) is 9.88. The van der Waals surface area contributed by atoms with Crippen molar-refractivity contribution < 1.29 is 0 Å². The van der Waals surface area contributed by atoms with Crippen LogP contribution in [-0.2, 0) is 5.41 Å². The summed E-state index contributed by atoms with van der Waals surface area (Å²) >= 11 is 18.3. The van der Waals surface area contributed by atoms with E-state index in [1.54, 1.807) is 0 Å². The number of aromatic nitrogens is 2. The number of nitrogens with zero attached hydrogens (tertiary/aromatic N) is 3. The molecule has 0 spiro atoms. The molecule has 2 heterocycles. The fourth-order valence-corrected chi connectivity index (χ4v) is 6.01. The highest BCUT2D eigenvalue weighted by molar-refractivity contribution is 7.80. The smallest absolute Gasteiger partial charge is 0.232 e. The Morgan fingerprint density at radius 2 is 1.82 bits per heavy atom. The van der Waals surface area contributed by atoms with Crippen molar-refractivity contribution in [1.29, 1.82) is 0 Å². The molecule has 1 saturated heterocycles. The second-order valence-corrected chi connectivity index (χ2v) is 11.1. The monoisotopic (exact) mass is 505 g/mol. The number of hydrogen-bond acceptors (Lipinski definition) is 4. The Labute approximate surface area is 212 Å². The second kappa shape index (κ2) is 10.7. The highest BCUT2D eigenvalue weighted by Gasteiger charge is 2.34. The Morgan fingerprint density at radius 3 is 2.52 bits per heavy atom. The summed E-state index contributed by atoms with van der Waals surface area (Å²) in [6, 6.07) is 10.1. The van der Waals surface area contributed by atoms with E-state index in [0.717, 1.165) is 43.3 Å². The summed E-state index contributed by atoms with van der Waals surface area (Å²) in [5.41, 5.74) is 1.30. The number of hydrogen-bond donors (Lipinski definition) is 2. The fourth-order valence-electron chi connectivity index (χ4n) is 5.48. The minimum absolute atomic E-state index is 0.0231. The summed E-state index contributed by atoms with van der Waals surface area (Å²) in [5, 5.41) is 8.30. The number of benzene rings is 1. The van der Waals surface area contributed by atoms with Gasteiger partial charge in [0.15, 0.2) is 5.11 Å². The van der Waals surface area contributed by atoms with Crippen molar-refractivity contribution in [2.45, 2.75) is 57.8 Å². The number of anilines is 2. The lowest BCUT2D eigenvalue weighted by atomic mass is 9.69. The van der Waals surface area contributed by atoms with Crippen molar-refractivity contribution in [1.82, 2.24) is 15.3 Å². The fraction of sp³-hybridized carbons (Fsp3) is 0.560. The first kappa shape index (κ1) is 24.5. The Bertz CT molecular complexity index is 969. The molecule has 2 aliphatic rings. The molecule has 0 unspecified atom stereocenters. The molecule has 2 fully saturated rings. The molecule has 178 valence electrons. The average Bonchev–Trinajstić information content (AvgIpc) is 2.77. The molecule has 1 aromatic carbocycles. The number of rotatable bonds is 5. The van der Waals surface area contributed by atoms with E-state index in [1.807, 2.05) is 18.2 Å². The maximum atomic E-state index is 6.35. The van der Waals surface area contributed by atoms with Crippen LogP contribution in [0.2, 0.25) is 10.2 Å². The summed E-state index contributed by atoms with van der Waals surface area (Å²) in [4.78, 5) is 11.4. The summed E-state index contributed by atoms with van der Waals surface area (Å²) in [5.74, 6) is 2.53. The van der Waals surface area contributed by atoms with Gasteiger partial charge in [0.2, 0.25) is 5.95 Å². The summed E-state index contributed by atoms with van der Waals surface area (Å²) in [6.07, 6.45) is 7.17. The highest BCUT2D eigenvalue weighted by Crippen LogP contribution is 2.39. The molecule has 1 aliphatic carbocycles. The zero-order valence-electron chi connectivity index (χ0n) is 19.4. The Kier molecular flexibility index (Phi) is 7.98. The number of piperidine rings is 1. The van der Waals surface area contributed by atoms with Crippen molar-refractivity contribution >= 4 is 52.3 Å². The van der Waals surface area contributed by atoms with Gasteiger partial charge in [0.25, 0.3) is 0 Å². The zero-order chi connectivity index (χ0) is 23.4. The van der Waals surface area contributed by atoms with Crippen LogP contribution in [0.3, 0.4) is 0 Å². The summed E-state index contributed by atoms with van der Waals surface area (Å²) < 4.78 is 0. The largest absolute Gasteiger partial charge is 0.361 e. The lowest BCUT2D eigenvalue weighted by Gasteiger charge is -2.38. The van der Waals surface area contributed by atoms with Gasteiger partial charge in [-0.25, -0.2) is 4.98 Å². The van der Waals surface area contributed by atoms with E-state index in [2.05, 4.69) is 46.5 Å². The standard InChI is InChI=1S/C25H33Cl2N5S/c1-17-11-18(2)15-32(14-17)22-13-21(27)29-23(30-22)31-24(33)28-16-25(9-4-3-5-10-25)19-7-6-8-20(26)12-19/h6-8,12-13,17-18H,3-5,9-11,14-16H2,1-2H3,(H2,28,29,30,31,33)/t17-,18+. The van der Waals surface area contributed by atoms with Gasteiger partial charge in [-0.05, 0) is 61.0 Å². The predicted octanol–water partition coefficient (Wildman–Crippen LogP) is 6.45. The lowest BCUT2D eigenvalue weighted by Crippen LogP contribution is -2.43. The normalized spacial score (nSPS) is 22.6. The molecule has 2 atom stereocenters. The van der Waals surface area contributed by atoms with Gasteiger partial charge < -0.3 is 15.5 Å². The minimum Gasteiger partial charge on any atom is -0.361 e. The molecular formula is C25H33Cl2N5S. The van der Waals surface area contributed by atoms with Gasteiger partial charge in [-0.15, -0.1) is 0 Å². The third-order valence-corrected chi connectivity index (χ3v) is 7.61. The summed E-state index contributed by atoms with van der Waals surface area (Å²) in [7, 11) is 0. The van der Waals surface area contributed by atoms with Crippen LogP contribution >= 0.6 is 35.4 Å². The Hall–Kier alpha value is -1.63. The van der Waals surface area contributed by atoms with Crippen LogP contribution < -0.4 is 15.5 Å². The van der Waals surface area contributed by atoms with Crippen molar-refractivity contribution in [3.63, 3.8) is 0 Å². The minimum atomic E-state index is 0.0231. The van der Waals surface area contributed by atoms with Gasteiger partial charge >= 0.3 is 0 Å². The molecule has 0 bridgehead atoms. The molecule has 1 aromatic heterocycles. The first-order valence-electron chi connectivity index (χ1n) is 11.9. The third kappa shape index (κ3) is 6.28. The molecule has 4 rings (SSSR count). The quantitative estimate of drug-likeness (QED) is 0.359. The van der Waals surface area contributed by atoms with E-state index >= 15 is 0 Å². The van der Waals surface area contributed by atoms with Crippen LogP contribution in [-0.4, -0.2) is 34.7 Å².